The monoisotopic (exact) mass is 270 g/mol. The van der Waals surface area contributed by atoms with Crippen LogP contribution in [0.5, 0.6) is 0 Å². The normalized spacial score (nSPS) is 17.5. The third kappa shape index (κ3) is 6.57. The van der Waals surface area contributed by atoms with Crippen LogP contribution in [-0.4, -0.2) is 47.1 Å². The van der Waals surface area contributed by atoms with E-state index in [4.69, 9.17) is 5.11 Å². The molecule has 0 bridgehead atoms. The number of rotatable bonds is 5. The molecule has 1 heterocycles. The Bertz CT molecular complexity index is 315. The zero-order valence-electron chi connectivity index (χ0n) is 12.2. The molecule has 2 N–H and O–H groups in total. The van der Waals surface area contributed by atoms with E-state index < -0.39 is 5.97 Å². The highest BCUT2D eigenvalue weighted by Gasteiger charge is 2.23. The van der Waals surface area contributed by atoms with Gasteiger partial charge in [0.25, 0.3) is 0 Å². The van der Waals surface area contributed by atoms with E-state index in [9.17, 15) is 9.59 Å². The lowest BCUT2D eigenvalue weighted by Crippen LogP contribution is -2.47. The number of carboxylic acids is 1. The SMILES string of the molecule is CC(C)(C)NCC(=O)N1CCC(CCC(=O)O)CC1. The highest BCUT2D eigenvalue weighted by Crippen LogP contribution is 2.21. The number of nitrogens with one attached hydrogen (secondary N) is 1. The largest absolute Gasteiger partial charge is 0.481 e. The van der Waals surface area contributed by atoms with Gasteiger partial charge in [-0.15, -0.1) is 0 Å². The first-order valence-electron chi connectivity index (χ1n) is 7.02. The molecular weight excluding hydrogens is 244 g/mol. The maximum Gasteiger partial charge on any atom is 0.303 e. The Kier molecular flexibility index (Phi) is 5.79. The average Bonchev–Trinajstić information content (AvgIpc) is 2.33. The third-order valence-electron chi connectivity index (χ3n) is 3.50. The maximum atomic E-state index is 12.0. The summed E-state index contributed by atoms with van der Waals surface area (Å²) < 4.78 is 0. The second kappa shape index (κ2) is 6.89. The molecule has 0 unspecified atom stereocenters. The van der Waals surface area contributed by atoms with Gasteiger partial charge in [-0.05, 0) is 46.0 Å². The first-order chi connectivity index (χ1) is 8.78. The van der Waals surface area contributed by atoms with Gasteiger partial charge in [-0.1, -0.05) is 0 Å². The van der Waals surface area contributed by atoms with E-state index in [1.54, 1.807) is 0 Å². The summed E-state index contributed by atoms with van der Waals surface area (Å²) in [5, 5.41) is 11.9. The molecule has 0 saturated carbocycles. The first-order valence-corrected chi connectivity index (χ1v) is 7.02. The fourth-order valence-corrected chi connectivity index (χ4v) is 2.25. The highest BCUT2D eigenvalue weighted by atomic mass is 16.4. The van der Waals surface area contributed by atoms with Crippen molar-refractivity contribution in [1.82, 2.24) is 10.2 Å². The number of nitrogens with zero attached hydrogens (tertiary/aromatic N) is 1. The second-order valence-corrected chi connectivity index (χ2v) is 6.36. The number of piperidine rings is 1. The number of amides is 1. The smallest absolute Gasteiger partial charge is 0.303 e. The molecule has 1 fully saturated rings. The zero-order valence-corrected chi connectivity index (χ0v) is 12.2. The van der Waals surface area contributed by atoms with Crippen LogP contribution in [0.2, 0.25) is 0 Å². The van der Waals surface area contributed by atoms with E-state index in [1.807, 2.05) is 25.7 Å². The minimum atomic E-state index is -0.729. The molecule has 1 saturated heterocycles. The number of likely N-dealkylation sites (tertiary alicyclic amines) is 1. The van der Waals surface area contributed by atoms with Gasteiger partial charge in [0.05, 0.1) is 6.54 Å². The number of hydrogen-bond acceptors (Lipinski definition) is 3. The average molecular weight is 270 g/mol. The lowest BCUT2D eigenvalue weighted by Gasteiger charge is -2.33. The standard InChI is InChI=1S/C14H26N2O3/c1-14(2,3)15-10-12(17)16-8-6-11(7-9-16)4-5-13(18)19/h11,15H,4-10H2,1-3H3,(H,18,19). The van der Waals surface area contributed by atoms with Crippen molar-refractivity contribution in [3.63, 3.8) is 0 Å². The van der Waals surface area contributed by atoms with Gasteiger partial charge in [0.15, 0.2) is 0 Å². The second-order valence-electron chi connectivity index (χ2n) is 6.36. The van der Waals surface area contributed by atoms with Crippen molar-refractivity contribution < 1.29 is 14.7 Å². The molecule has 1 rings (SSSR count). The summed E-state index contributed by atoms with van der Waals surface area (Å²) in [5.74, 6) is -0.129. The zero-order chi connectivity index (χ0) is 14.5. The third-order valence-corrected chi connectivity index (χ3v) is 3.50. The van der Waals surface area contributed by atoms with Gasteiger partial charge < -0.3 is 15.3 Å². The summed E-state index contributed by atoms with van der Waals surface area (Å²) in [6.45, 7) is 8.02. The molecular formula is C14H26N2O3. The van der Waals surface area contributed by atoms with Crippen LogP contribution in [0.25, 0.3) is 0 Å². The van der Waals surface area contributed by atoms with Crippen molar-refractivity contribution in [2.45, 2.75) is 52.0 Å². The van der Waals surface area contributed by atoms with Crippen LogP contribution >= 0.6 is 0 Å². The Morgan fingerprint density at radius 3 is 2.32 bits per heavy atom. The number of carbonyl (C=O) groups is 2. The Morgan fingerprint density at radius 1 is 1.26 bits per heavy atom. The molecule has 0 radical (unpaired) electrons. The molecule has 110 valence electrons. The van der Waals surface area contributed by atoms with Gasteiger partial charge in [-0.3, -0.25) is 9.59 Å². The Morgan fingerprint density at radius 2 is 1.84 bits per heavy atom. The van der Waals surface area contributed by atoms with E-state index in [0.717, 1.165) is 32.4 Å². The van der Waals surface area contributed by atoms with Crippen LogP contribution in [0.3, 0.4) is 0 Å². The molecule has 5 heteroatoms. The van der Waals surface area contributed by atoms with Gasteiger partial charge >= 0.3 is 5.97 Å². The lowest BCUT2D eigenvalue weighted by atomic mass is 9.92. The number of hydrogen-bond donors (Lipinski definition) is 2. The van der Waals surface area contributed by atoms with Gasteiger partial charge in [0.1, 0.15) is 0 Å². The molecule has 1 aliphatic heterocycles. The van der Waals surface area contributed by atoms with Crippen molar-refractivity contribution in [1.29, 1.82) is 0 Å². The summed E-state index contributed by atoms with van der Waals surface area (Å²) in [6, 6.07) is 0. The van der Waals surface area contributed by atoms with Crippen LogP contribution in [0.15, 0.2) is 0 Å². The van der Waals surface area contributed by atoms with E-state index in [2.05, 4.69) is 5.32 Å². The molecule has 0 aromatic rings. The quantitative estimate of drug-likeness (QED) is 0.794. The number of aliphatic carboxylic acids is 1. The van der Waals surface area contributed by atoms with Crippen LogP contribution in [0.1, 0.15) is 46.5 Å². The molecule has 0 aliphatic carbocycles. The summed E-state index contributed by atoms with van der Waals surface area (Å²) >= 11 is 0. The van der Waals surface area contributed by atoms with Gasteiger partial charge in [-0.2, -0.15) is 0 Å². The van der Waals surface area contributed by atoms with E-state index in [1.165, 1.54) is 0 Å². The maximum absolute atomic E-state index is 12.0. The van der Waals surface area contributed by atoms with Crippen molar-refractivity contribution in [2.24, 2.45) is 5.92 Å². The summed E-state index contributed by atoms with van der Waals surface area (Å²) in [5.41, 5.74) is -0.0462. The molecule has 19 heavy (non-hydrogen) atoms. The minimum absolute atomic E-state index is 0.0462. The van der Waals surface area contributed by atoms with Gasteiger partial charge in [0, 0.05) is 25.0 Å². The summed E-state index contributed by atoms with van der Waals surface area (Å²) in [4.78, 5) is 24.4. The van der Waals surface area contributed by atoms with E-state index in [-0.39, 0.29) is 17.9 Å². The molecule has 0 aromatic heterocycles. The number of carbonyl (C=O) groups excluding carboxylic acids is 1. The van der Waals surface area contributed by atoms with Gasteiger partial charge in [-0.25, -0.2) is 0 Å². The number of carboxylic acid groups (broad SMARTS) is 1. The molecule has 1 aliphatic rings. The Balaban J connectivity index is 2.25. The predicted octanol–water partition coefficient (Wildman–Crippen LogP) is 1.48. The molecule has 0 aromatic carbocycles. The Hall–Kier alpha value is -1.10. The van der Waals surface area contributed by atoms with Crippen LogP contribution in [-0.2, 0) is 9.59 Å². The van der Waals surface area contributed by atoms with E-state index in [0.29, 0.717) is 12.5 Å². The molecule has 0 atom stereocenters. The predicted molar refractivity (Wildman–Crippen MR) is 73.9 cm³/mol. The van der Waals surface area contributed by atoms with Crippen molar-refractivity contribution in [2.75, 3.05) is 19.6 Å². The fourth-order valence-electron chi connectivity index (χ4n) is 2.25. The summed E-state index contributed by atoms with van der Waals surface area (Å²) in [7, 11) is 0. The van der Waals surface area contributed by atoms with Crippen LogP contribution in [0, 0.1) is 5.92 Å². The van der Waals surface area contributed by atoms with Crippen molar-refractivity contribution >= 4 is 11.9 Å². The van der Waals surface area contributed by atoms with Crippen LogP contribution < -0.4 is 5.32 Å². The molecule has 5 nitrogen and oxygen atoms in total. The van der Waals surface area contributed by atoms with Crippen LogP contribution in [0.4, 0.5) is 0 Å². The summed E-state index contributed by atoms with van der Waals surface area (Å²) in [6.07, 6.45) is 2.82. The van der Waals surface area contributed by atoms with Gasteiger partial charge in [0.2, 0.25) is 5.91 Å². The van der Waals surface area contributed by atoms with Crippen molar-refractivity contribution in [3.8, 4) is 0 Å². The van der Waals surface area contributed by atoms with Crippen molar-refractivity contribution in [3.05, 3.63) is 0 Å². The topological polar surface area (TPSA) is 69.6 Å². The molecule has 1 amide bonds. The minimum Gasteiger partial charge on any atom is -0.481 e. The molecule has 0 spiro atoms. The first kappa shape index (κ1) is 16.0. The highest BCUT2D eigenvalue weighted by molar-refractivity contribution is 5.78. The Labute approximate surface area is 115 Å². The lowest BCUT2D eigenvalue weighted by molar-refractivity contribution is -0.138. The van der Waals surface area contributed by atoms with E-state index >= 15 is 0 Å². The fraction of sp³-hybridized carbons (Fsp3) is 0.857.